The van der Waals surface area contributed by atoms with Crippen LogP contribution >= 0.6 is 15.9 Å². The Labute approximate surface area is 103 Å². The van der Waals surface area contributed by atoms with Gasteiger partial charge in [-0.05, 0) is 24.1 Å². The minimum Gasteiger partial charge on any atom is -0.385 e. The topological polar surface area (TPSA) is 20.2 Å². The first-order chi connectivity index (χ1) is 7.48. The van der Waals surface area contributed by atoms with E-state index in [9.17, 15) is 13.9 Å². The van der Waals surface area contributed by atoms with Crippen LogP contribution in [-0.4, -0.2) is 11.5 Å². The van der Waals surface area contributed by atoms with E-state index in [1.54, 1.807) is 24.3 Å². The van der Waals surface area contributed by atoms with Gasteiger partial charge in [0.15, 0.2) is 0 Å². The van der Waals surface area contributed by atoms with E-state index in [-0.39, 0.29) is 0 Å². The lowest BCUT2D eigenvalue weighted by Crippen LogP contribution is -2.28. The number of hydrogen-bond donors (Lipinski definition) is 1. The molecule has 0 spiro atoms. The number of benzene rings is 1. The summed E-state index contributed by atoms with van der Waals surface area (Å²) in [5.41, 5.74) is -0.860. The predicted molar refractivity (Wildman–Crippen MR) is 63.6 cm³/mol. The van der Waals surface area contributed by atoms with Crippen LogP contribution in [0.15, 0.2) is 28.7 Å². The van der Waals surface area contributed by atoms with E-state index in [2.05, 4.69) is 15.9 Å². The van der Waals surface area contributed by atoms with Crippen molar-refractivity contribution in [1.29, 1.82) is 0 Å². The van der Waals surface area contributed by atoms with Gasteiger partial charge in [0, 0.05) is 10.9 Å². The molecular formula is C12H15BrF2O. The van der Waals surface area contributed by atoms with Gasteiger partial charge >= 0.3 is 0 Å². The van der Waals surface area contributed by atoms with Gasteiger partial charge in [0.05, 0.1) is 5.60 Å². The van der Waals surface area contributed by atoms with Gasteiger partial charge in [0.1, 0.15) is 0 Å². The molecular weight excluding hydrogens is 278 g/mol. The summed E-state index contributed by atoms with van der Waals surface area (Å²) in [6, 6.07) is 6.87. The van der Waals surface area contributed by atoms with Crippen LogP contribution in [0.1, 0.15) is 31.7 Å². The van der Waals surface area contributed by atoms with Crippen molar-refractivity contribution in [3.63, 3.8) is 0 Å². The zero-order valence-corrected chi connectivity index (χ0v) is 10.7. The average Bonchev–Trinajstić information content (AvgIpc) is 2.17. The highest BCUT2D eigenvalue weighted by molar-refractivity contribution is 9.10. The minimum absolute atomic E-state index is 0.346. The van der Waals surface area contributed by atoms with Crippen LogP contribution < -0.4 is 0 Å². The molecule has 4 heteroatoms. The molecule has 0 fully saturated rings. The van der Waals surface area contributed by atoms with Crippen LogP contribution in [0.3, 0.4) is 0 Å². The van der Waals surface area contributed by atoms with Gasteiger partial charge < -0.3 is 5.11 Å². The first kappa shape index (κ1) is 13.6. The van der Waals surface area contributed by atoms with Crippen molar-refractivity contribution in [3.8, 4) is 0 Å². The quantitative estimate of drug-likeness (QED) is 0.867. The molecule has 0 saturated heterocycles. The third-order valence-corrected chi connectivity index (χ3v) is 3.07. The van der Waals surface area contributed by atoms with Crippen LogP contribution in [0.4, 0.5) is 8.78 Å². The predicted octanol–water partition coefficient (Wildman–Crippen LogP) is 4.09. The van der Waals surface area contributed by atoms with Crippen molar-refractivity contribution in [3.05, 3.63) is 34.3 Å². The molecule has 90 valence electrons. The first-order valence-corrected chi connectivity index (χ1v) is 6.04. The zero-order chi connectivity index (χ0) is 12.2. The Morgan fingerprint density at radius 3 is 2.31 bits per heavy atom. The molecule has 1 aromatic carbocycles. The van der Waals surface area contributed by atoms with E-state index in [1.807, 2.05) is 6.92 Å². The third-order valence-electron chi connectivity index (χ3n) is 2.54. The molecule has 0 bridgehead atoms. The fraction of sp³-hybridized carbons (Fsp3) is 0.500. The highest BCUT2D eigenvalue weighted by atomic mass is 79.9. The summed E-state index contributed by atoms with van der Waals surface area (Å²) in [5.74, 6) is 0. The Bertz CT molecular complexity index is 326. The molecule has 0 aromatic heterocycles. The van der Waals surface area contributed by atoms with E-state index in [4.69, 9.17) is 0 Å². The summed E-state index contributed by atoms with van der Waals surface area (Å²) in [4.78, 5) is 0. The van der Waals surface area contributed by atoms with E-state index in [0.29, 0.717) is 18.4 Å². The summed E-state index contributed by atoms with van der Waals surface area (Å²) >= 11 is 3.27. The van der Waals surface area contributed by atoms with Crippen LogP contribution in [0, 0.1) is 0 Å². The monoisotopic (exact) mass is 292 g/mol. The molecule has 0 aliphatic rings. The number of rotatable bonds is 5. The first-order valence-electron chi connectivity index (χ1n) is 5.24. The lowest BCUT2D eigenvalue weighted by Gasteiger charge is -2.28. The minimum atomic E-state index is -2.50. The Morgan fingerprint density at radius 2 is 1.88 bits per heavy atom. The maximum atomic E-state index is 12.4. The van der Waals surface area contributed by atoms with Gasteiger partial charge in [-0.3, -0.25) is 0 Å². The zero-order valence-electron chi connectivity index (χ0n) is 9.09. The van der Waals surface area contributed by atoms with Gasteiger partial charge in [-0.2, -0.15) is 0 Å². The van der Waals surface area contributed by atoms with E-state index in [1.165, 1.54) is 0 Å². The lowest BCUT2D eigenvalue weighted by atomic mass is 9.86. The van der Waals surface area contributed by atoms with Gasteiger partial charge in [-0.15, -0.1) is 0 Å². The second kappa shape index (κ2) is 5.73. The second-order valence-corrected chi connectivity index (χ2v) is 4.80. The Kier molecular flexibility index (Phi) is 4.87. The molecule has 0 aliphatic heterocycles. The lowest BCUT2D eigenvalue weighted by molar-refractivity contribution is -0.0333. The molecule has 16 heavy (non-hydrogen) atoms. The standard InChI is InChI=1S/C12H15BrF2O/c1-2-7-12(16,8-11(14)15)9-3-5-10(13)6-4-9/h3-6,11,16H,2,7-8H2,1H3. The van der Waals surface area contributed by atoms with Gasteiger partial charge in [0.25, 0.3) is 0 Å². The van der Waals surface area contributed by atoms with Crippen molar-refractivity contribution < 1.29 is 13.9 Å². The summed E-state index contributed by atoms with van der Waals surface area (Å²) in [7, 11) is 0. The Morgan fingerprint density at radius 1 is 1.31 bits per heavy atom. The Hall–Kier alpha value is -0.480. The Balaban J connectivity index is 2.95. The molecule has 0 heterocycles. The molecule has 0 amide bonds. The third kappa shape index (κ3) is 3.52. The highest BCUT2D eigenvalue weighted by Gasteiger charge is 2.31. The average molecular weight is 293 g/mol. The van der Waals surface area contributed by atoms with Crippen molar-refractivity contribution in [2.24, 2.45) is 0 Å². The molecule has 0 radical (unpaired) electrons. The second-order valence-electron chi connectivity index (χ2n) is 3.88. The largest absolute Gasteiger partial charge is 0.385 e. The fourth-order valence-corrected chi connectivity index (χ4v) is 2.06. The van der Waals surface area contributed by atoms with Crippen LogP contribution in [0.2, 0.25) is 0 Å². The van der Waals surface area contributed by atoms with Crippen molar-refractivity contribution in [2.75, 3.05) is 0 Å². The highest BCUT2D eigenvalue weighted by Crippen LogP contribution is 2.33. The maximum Gasteiger partial charge on any atom is 0.241 e. The molecule has 1 aromatic rings. The van der Waals surface area contributed by atoms with E-state index >= 15 is 0 Å². The molecule has 1 rings (SSSR count). The molecule has 0 aliphatic carbocycles. The summed E-state index contributed by atoms with van der Waals surface area (Å²) < 4.78 is 25.8. The van der Waals surface area contributed by atoms with Gasteiger partial charge in [0.2, 0.25) is 6.43 Å². The summed E-state index contributed by atoms with van der Waals surface area (Å²) in [6.07, 6.45) is -2.00. The molecule has 1 nitrogen and oxygen atoms in total. The molecule has 1 unspecified atom stereocenters. The summed E-state index contributed by atoms with van der Waals surface area (Å²) in [5, 5.41) is 10.2. The van der Waals surface area contributed by atoms with Crippen LogP contribution in [0.5, 0.6) is 0 Å². The van der Waals surface area contributed by atoms with E-state index < -0.39 is 18.4 Å². The number of aliphatic hydroxyl groups is 1. The van der Waals surface area contributed by atoms with Crippen molar-refractivity contribution in [1.82, 2.24) is 0 Å². The van der Waals surface area contributed by atoms with E-state index in [0.717, 1.165) is 4.47 Å². The number of hydrogen-bond acceptors (Lipinski definition) is 1. The molecule has 1 atom stereocenters. The maximum absolute atomic E-state index is 12.4. The van der Waals surface area contributed by atoms with Crippen molar-refractivity contribution in [2.45, 2.75) is 38.2 Å². The number of alkyl halides is 2. The normalized spacial score (nSPS) is 15.1. The smallest absolute Gasteiger partial charge is 0.241 e. The summed E-state index contributed by atoms with van der Waals surface area (Å²) in [6.45, 7) is 1.87. The van der Waals surface area contributed by atoms with Gasteiger partial charge in [-0.25, -0.2) is 8.78 Å². The van der Waals surface area contributed by atoms with Crippen LogP contribution in [0.25, 0.3) is 0 Å². The van der Waals surface area contributed by atoms with Gasteiger partial charge in [-0.1, -0.05) is 41.4 Å². The molecule has 0 saturated carbocycles. The van der Waals surface area contributed by atoms with Crippen molar-refractivity contribution >= 4 is 15.9 Å². The SMILES string of the molecule is CCCC(O)(CC(F)F)c1ccc(Br)cc1. The molecule has 1 N–H and O–H groups in total. The fourth-order valence-electron chi connectivity index (χ4n) is 1.79. The number of halogens is 3. The van der Waals surface area contributed by atoms with Crippen LogP contribution in [-0.2, 0) is 5.60 Å².